The Balaban J connectivity index is 2.35. The first-order valence-corrected chi connectivity index (χ1v) is 6.75. The van der Waals surface area contributed by atoms with Crippen LogP contribution in [0, 0.1) is 18.8 Å². The molecule has 0 amide bonds. The van der Waals surface area contributed by atoms with Gasteiger partial charge in [0.2, 0.25) is 0 Å². The highest BCUT2D eigenvalue weighted by molar-refractivity contribution is 9.10. The molecule has 0 radical (unpaired) electrons. The Labute approximate surface area is 110 Å². The van der Waals surface area contributed by atoms with Crippen LogP contribution < -0.4 is 4.74 Å². The lowest BCUT2D eigenvalue weighted by Crippen LogP contribution is -1.99. The van der Waals surface area contributed by atoms with Crippen molar-refractivity contribution >= 4 is 27.5 Å². The van der Waals surface area contributed by atoms with Crippen LogP contribution in [0.2, 0.25) is 0 Å². The van der Waals surface area contributed by atoms with Crippen LogP contribution >= 0.6 is 27.5 Å². The van der Waals surface area contributed by atoms with E-state index in [1.165, 1.54) is 12.0 Å². The molecule has 3 atom stereocenters. The second-order valence-corrected chi connectivity index (χ2v) is 5.95. The molecule has 2 rings (SSSR count). The molecular formula is C13H16BrClO. The summed E-state index contributed by atoms with van der Waals surface area (Å²) in [6, 6.07) is 4.14. The average Bonchev–Trinajstić information content (AvgIpc) is 2.98. The third-order valence-corrected chi connectivity index (χ3v) is 4.77. The van der Waals surface area contributed by atoms with Gasteiger partial charge in [-0.1, -0.05) is 22.9 Å². The molecule has 1 saturated carbocycles. The lowest BCUT2D eigenvalue weighted by atomic mass is 10.0. The van der Waals surface area contributed by atoms with Crippen molar-refractivity contribution < 1.29 is 4.74 Å². The van der Waals surface area contributed by atoms with E-state index in [4.69, 9.17) is 16.3 Å². The minimum absolute atomic E-state index is 0.0712. The third-order valence-electron chi connectivity index (χ3n) is 3.36. The number of ether oxygens (including phenoxy) is 1. The fourth-order valence-corrected chi connectivity index (χ4v) is 2.93. The standard InChI is InChI=1S/C13H16BrClO/c1-7-4-9(7)13(15)10-6-11(14)8(2)5-12(10)16-3/h5-7,9,13H,4H2,1-3H3. The van der Waals surface area contributed by atoms with E-state index in [9.17, 15) is 0 Å². The number of halogens is 2. The minimum atomic E-state index is 0.0712. The molecule has 0 N–H and O–H groups in total. The Hall–Kier alpha value is -0.210. The summed E-state index contributed by atoms with van der Waals surface area (Å²) in [7, 11) is 1.70. The van der Waals surface area contributed by atoms with Gasteiger partial charge in [-0.3, -0.25) is 0 Å². The Morgan fingerprint density at radius 2 is 2.12 bits per heavy atom. The number of alkyl halides is 1. The van der Waals surface area contributed by atoms with Gasteiger partial charge in [-0.05, 0) is 42.9 Å². The number of rotatable bonds is 3. The van der Waals surface area contributed by atoms with Crippen LogP contribution in [-0.2, 0) is 0 Å². The second-order valence-electron chi connectivity index (χ2n) is 4.62. The maximum atomic E-state index is 6.51. The highest BCUT2D eigenvalue weighted by Gasteiger charge is 2.40. The van der Waals surface area contributed by atoms with Gasteiger partial charge in [-0.2, -0.15) is 0 Å². The lowest BCUT2D eigenvalue weighted by molar-refractivity contribution is 0.407. The van der Waals surface area contributed by atoms with E-state index in [1.54, 1.807) is 7.11 Å². The van der Waals surface area contributed by atoms with Gasteiger partial charge >= 0.3 is 0 Å². The Bertz CT molecular complexity index is 405. The monoisotopic (exact) mass is 302 g/mol. The van der Waals surface area contributed by atoms with Crippen molar-refractivity contribution in [1.29, 1.82) is 0 Å². The van der Waals surface area contributed by atoms with Gasteiger partial charge in [0.1, 0.15) is 5.75 Å². The van der Waals surface area contributed by atoms with Gasteiger partial charge in [-0.25, -0.2) is 0 Å². The van der Waals surface area contributed by atoms with Crippen molar-refractivity contribution in [1.82, 2.24) is 0 Å². The number of aryl methyl sites for hydroxylation is 1. The molecule has 16 heavy (non-hydrogen) atoms. The van der Waals surface area contributed by atoms with Gasteiger partial charge in [0.15, 0.2) is 0 Å². The smallest absolute Gasteiger partial charge is 0.123 e. The lowest BCUT2D eigenvalue weighted by Gasteiger charge is -2.15. The van der Waals surface area contributed by atoms with Gasteiger partial charge in [-0.15, -0.1) is 11.6 Å². The predicted molar refractivity (Wildman–Crippen MR) is 71.3 cm³/mol. The maximum absolute atomic E-state index is 6.51. The summed E-state index contributed by atoms with van der Waals surface area (Å²) in [5.74, 6) is 2.25. The minimum Gasteiger partial charge on any atom is -0.496 e. The summed E-state index contributed by atoms with van der Waals surface area (Å²) >= 11 is 10.1. The highest BCUT2D eigenvalue weighted by atomic mass is 79.9. The Morgan fingerprint density at radius 3 is 2.62 bits per heavy atom. The Kier molecular flexibility index (Phi) is 3.50. The van der Waals surface area contributed by atoms with Gasteiger partial charge in [0.25, 0.3) is 0 Å². The van der Waals surface area contributed by atoms with Crippen LogP contribution in [0.25, 0.3) is 0 Å². The van der Waals surface area contributed by atoms with E-state index in [-0.39, 0.29) is 5.38 Å². The zero-order valence-corrected chi connectivity index (χ0v) is 12.1. The van der Waals surface area contributed by atoms with Gasteiger partial charge in [0, 0.05) is 10.0 Å². The van der Waals surface area contributed by atoms with Gasteiger partial charge < -0.3 is 4.74 Å². The molecule has 0 saturated heterocycles. The van der Waals surface area contributed by atoms with Crippen molar-refractivity contribution in [3.8, 4) is 5.75 Å². The summed E-state index contributed by atoms with van der Waals surface area (Å²) in [5.41, 5.74) is 2.28. The van der Waals surface area contributed by atoms with Crippen LogP contribution in [0.3, 0.4) is 0 Å². The molecule has 0 aliphatic heterocycles. The van der Waals surface area contributed by atoms with Crippen LogP contribution in [-0.4, -0.2) is 7.11 Å². The number of methoxy groups -OCH3 is 1. The summed E-state index contributed by atoms with van der Waals surface area (Å²) in [4.78, 5) is 0. The molecule has 1 aliphatic rings. The molecule has 88 valence electrons. The van der Waals surface area contributed by atoms with Crippen molar-refractivity contribution in [2.24, 2.45) is 11.8 Å². The van der Waals surface area contributed by atoms with Crippen LogP contribution in [0.4, 0.5) is 0 Å². The average molecular weight is 304 g/mol. The number of hydrogen-bond donors (Lipinski definition) is 0. The molecule has 0 spiro atoms. The molecule has 1 aliphatic carbocycles. The SMILES string of the molecule is COc1cc(C)c(Br)cc1C(Cl)C1CC1C. The quantitative estimate of drug-likeness (QED) is 0.735. The van der Waals surface area contributed by atoms with E-state index in [0.717, 1.165) is 21.7 Å². The first-order valence-electron chi connectivity index (χ1n) is 5.52. The van der Waals surface area contributed by atoms with E-state index >= 15 is 0 Å². The fraction of sp³-hybridized carbons (Fsp3) is 0.538. The largest absolute Gasteiger partial charge is 0.496 e. The molecule has 1 aromatic rings. The van der Waals surface area contributed by atoms with Crippen molar-refractivity contribution in [2.75, 3.05) is 7.11 Å². The van der Waals surface area contributed by atoms with E-state index < -0.39 is 0 Å². The molecule has 1 aromatic carbocycles. The molecule has 1 nitrogen and oxygen atoms in total. The maximum Gasteiger partial charge on any atom is 0.123 e. The molecule has 0 heterocycles. The summed E-state index contributed by atoms with van der Waals surface area (Å²) in [6.07, 6.45) is 1.23. The topological polar surface area (TPSA) is 9.23 Å². The van der Waals surface area contributed by atoms with Gasteiger partial charge in [0.05, 0.1) is 12.5 Å². The second kappa shape index (κ2) is 4.58. The zero-order chi connectivity index (χ0) is 11.9. The first kappa shape index (κ1) is 12.3. The molecule has 3 heteroatoms. The fourth-order valence-electron chi connectivity index (χ4n) is 2.05. The summed E-state index contributed by atoms with van der Waals surface area (Å²) in [6.45, 7) is 4.30. The normalized spacial score (nSPS) is 25.3. The van der Waals surface area contributed by atoms with E-state index in [0.29, 0.717) is 5.92 Å². The van der Waals surface area contributed by atoms with Crippen LogP contribution in [0.15, 0.2) is 16.6 Å². The highest BCUT2D eigenvalue weighted by Crippen LogP contribution is 2.52. The zero-order valence-electron chi connectivity index (χ0n) is 9.76. The van der Waals surface area contributed by atoms with Crippen LogP contribution in [0.5, 0.6) is 5.75 Å². The third kappa shape index (κ3) is 2.23. The van der Waals surface area contributed by atoms with E-state index in [2.05, 4.69) is 35.8 Å². The van der Waals surface area contributed by atoms with Crippen molar-refractivity contribution in [3.05, 3.63) is 27.7 Å². The molecule has 0 bridgehead atoms. The van der Waals surface area contributed by atoms with Crippen molar-refractivity contribution in [2.45, 2.75) is 25.6 Å². The molecule has 0 aromatic heterocycles. The van der Waals surface area contributed by atoms with E-state index in [1.807, 2.05) is 6.07 Å². The molecule has 1 fully saturated rings. The first-order chi connectivity index (χ1) is 7.54. The number of benzene rings is 1. The van der Waals surface area contributed by atoms with Crippen LogP contribution in [0.1, 0.15) is 29.8 Å². The molecular weight excluding hydrogens is 287 g/mol. The Morgan fingerprint density at radius 1 is 1.50 bits per heavy atom. The number of hydrogen-bond acceptors (Lipinski definition) is 1. The predicted octanol–water partition coefficient (Wildman–Crippen LogP) is 4.70. The summed E-state index contributed by atoms with van der Waals surface area (Å²) in [5, 5.41) is 0.0712. The summed E-state index contributed by atoms with van der Waals surface area (Å²) < 4.78 is 6.51. The van der Waals surface area contributed by atoms with Crippen molar-refractivity contribution in [3.63, 3.8) is 0 Å². The molecule has 3 unspecified atom stereocenters.